The topological polar surface area (TPSA) is 71.5 Å². The van der Waals surface area contributed by atoms with Crippen LogP contribution in [0.15, 0.2) is 23.1 Å². The maximum absolute atomic E-state index is 12.6. The van der Waals surface area contributed by atoms with Crippen LogP contribution in [0.3, 0.4) is 0 Å². The van der Waals surface area contributed by atoms with Gasteiger partial charge in [0.15, 0.2) is 9.84 Å². The first kappa shape index (κ1) is 15.8. The van der Waals surface area contributed by atoms with E-state index in [1.807, 2.05) is 0 Å². The molecule has 0 amide bonds. The first-order chi connectivity index (χ1) is 9.13. The molecule has 1 heterocycles. The number of sulfonamides is 1. The highest BCUT2D eigenvalue weighted by molar-refractivity contribution is 7.92. The van der Waals surface area contributed by atoms with Crippen molar-refractivity contribution in [2.45, 2.75) is 24.3 Å². The zero-order valence-electron chi connectivity index (χ0n) is 11.2. The van der Waals surface area contributed by atoms with E-state index < -0.39 is 25.9 Å². The molecule has 8 heteroatoms. The van der Waals surface area contributed by atoms with Gasteiger partial charge in [0.25, 0.3) is 0 Å². The number of benzene rings is 1. The molecule has 0 aromatic heterocycles. The fourth-order valence-electron chi connectivity index (χ4n) is 2.27. The minimum absolute atomic E-state index is 0.0338. The van der Waals surface area contributed by atoms with Crippen molar-refractivity contribution in [1.29, 1.82) is 0 Å². The van der Waals surface area contributed by atoms with Gasteiger partial charge < -0.3 is 0 Å². The molecule has 1 atom stereocenters. The predicted octanol–water partition coefficient (Wildman–Crippen LogP) is 1.46. The van der Waals surface area contributed by atoms with Crippen LogP contribution in [0, 0.1) is 6.92 Å². The van der Waals surface area contributed by atoms with Gasteiger partial charge in [0, 0.05) is 18.1 Å². The van der Waals surface area contributed by atoms with Crippen LogP contribution in [0.4, 0.5) is 0 Å². The summed E-state index contributed by atoms with van der Waals surface area (Å²) in [6.07, 6.45) is 0.331. The van der Waals surface area contributed by atoms with Crippen LogP contribution in [0.2, 0.25) is 5.02 Å². The third-order valence-electron chi connectivity index (χ3n) is 3.53. The van der Waals surface area contributed by atoms with Crippen LogP contribution in [0.25, 0.3) is 0 Å². The van der Waals surface area contributed by atoms with Crippen LogP contribution >= 0.6 is 11.6 Å². The minimum atomic E-state index is -3.74. The molecule has 1 aliphatic rings. The SMILES string of the molecule is Cc1ccc(Cl)cc1S(=O)(=O)N(C)[C@@H]1CCS(=O)(=O)C1. The van der Waals surface area contributed by atoms with Gasteiger partial charge in [-0.25, -0.2) is 16.8 Å². The maximum Gasteiger partial charge on any atom is 0.243 e. The summed E-state index contributed by atoms with van der Waals surface area (Å²) in [6, 6.07) is 4.14. The van der Waals surface area contributed by atoms with Crippen molar-refractivity contribution in [2.24, 2.45) is 0 Å². The molecule has 0 unspecified atom stereocenters. The van der Waals surface area contributed by atoms with Crippen LogP contribution in [0.5, 0.6) is 0 Å². The second kappa shape index (κ2) is 5.29. The normalized spacial score (nSPS) is 22.3. The average molecular weight is 338 g/mol. The zero-order valence-corrected chi connectivity index (χ0v) is 13.6. The number of halogens is 1. The summed E-state index contributed by atoms with van der Waals surface area (Å²) < 4.78 is 49.3. The summed E-state index contributed by atoms with van der Waals surface area (Å²) in [5.74, 6) is -0.0889. The van der Waals surface area contributed by atoms with Crippen LogP contribution in [-0.2, 0) is 19.9 Å². The number of hydrogen-bond donors (Lipinski definition) is 0. The third kappa shape index (κ3) is 3.00. The highest BCUT2D eigenvalue weighted by Crippen LogP contribution is 2.27. The molecule has 0 bridgehead atoms. The van der Waals surface area contributed by atoms with Gasteiger partial charge in [-0.2, -0.15) is 4.31 Å². The smallest absolute Gasteiger partial charge is 0.229 e. The summed E-state index contributed by atoms with van der Waals surface area (Å²) in [5, 5.41) is 0.335. The van der Waals surface area contributed by atoms with E-state index in [1.54, 1.807) is 19.1 Å². The largest absolute Gasteiger partial charge is 0.243 e. The molecule has 0 aliphatic carbocycles. The van der Waals surface area contributed by atoms with Crippen molar-refractivity contribution >= 4 is 31.5 Å². The van der Waals surface area contributed by atoms with E-state index in [1.165, 1.54) is 13.1 Å². The lowest BCUT2D eigenvalue weighted by Crippen LogP contribution is -2.38. The van der Waals surface area contributed by atoms with Gasteiger partial charge in [0.1, 0.15) is 0 Å². The Morgan fingerprint density at radius 1 is 1.35 bits per heavy atom. The highest BCUT2D eigenvalue weighted by Gasteiger charge is 2.36. The van der Waals surface area contributed by atoms with Gasteiger partial charge in [0.2, 0.25) is 10.0 Å². The molecular weight excluding hydrogens is 322 g/mol. The van der Waals surface area contributed by atoms with Gasteiger partial charge in [-0.1, -0.05) is 17.7 Å². The van der Waals surface area contributed by atoms with Crippen molar-refractivity contribution in [1.82, 2.24) is 4.31 Å². The molecule has 1 aromatic rings. The second-order valence-electron chi connectivity index (χ2n) is 4.99. The number of sulfone groups is 1. The van der Waals surface area contributed by atoms with Gasteiger partial charge in [-0.3, -0.25) is 0 Å². The number of hydrogen-bond acceptors (Lipinski definition) is 4. The Kier molecular flexibility index (Phi) is 4.17. The molecule has 1 fully saturated rings. The molecule has 2 rings (SSSR count). The molecule has 20 heavy (non-hydrogen) atoms. The number of rotatable bonds is 3. The van der Waals surface area contributed by atoms with Crippen molar-refractivity contribution < 1.29 is 16.8 Å². The quantitative estimate of drug-likeness (QED) is 0.837. The highest BCUT2D eigenvalue weighted by atomic mass is 35.5. The van der Waals surface area contributed by atoms with Gasteiger partial charge >= 0.3 is 0 Å². The summed E-state index contributed by atoms with van der Waals surface area (Å²) >= 11 is 5.85. The van der Waals surface area contributed by atoms with Gasteiger partial charge in [-0.15, -0.1) is 0 Å². The third-order valence-corrected chi connectivity index (χ3v) is 7.57. The maximum atomic E-state index is 12.6. The predicted molar refractivity (Wildman–Crippen MR) is 78.2 cm³/mol. The molecule has 1 aromatic carbocycles. The Labute approximate surface area is 124 Å². The van der Waals surface area contributed by atoms with Gasteiger partial charge in [-0.05, 0) is 31.0 Å². The lowest BCUT2D eigenvalue weighted by atomic mass is 10.2. The van der Waals surface area contributed by atoms with Crippen molar-refractivity contribution in [2.75, 3.05) is 18.6 Å². The molecule has 112 valence electrons. The Morgan fingerprint density at radius 2 is 2.00 bits per heavy atom. The fourth-order valence-corrected chi connectivity index (χ4v) is 6.00. The molecule has 1 saturated heterocycles. The molecule has 0 spiro atoms. The monoisotopic (exact) mass is 337 g/mol. The van der Waals surface area contributed by atoms with E-state index in [4.69, 9.17) is 11.6 Å². The molecule has 1 aliphatic heterocycles. The van der Waals surface area contributed by atoms with Crippen LogP contribution in [-0.4, -0.2) is 45.7 Å². The Bertz CT molecular complexity index is 728. The van der Waals surface area contributed by atoms with E-state index in [0.29, 0.717) is 17.0 Å². The number of nitrogens with zero attached hydrogens (tertiary/aromatic N) is 1. The van der Waals surface area contributed by atoms with Crippen molar-refractivity contribution in [3.63, 3.8) is 0 Å². The summed E-state index contributed by atoms with van der Waals surface area (Å²) in [7, 11) is -5.46. The van der Waals surface area contributed by atoms with E-state index >= 15 is 0 Å². The summed E-state index contributed by atoms with van der Waals surface area (Å²) in [5.41, 5.74) is 0.585. The summed E-state index contributed by atoms with van der Waals surface area (Å²) in [6.45, 7) is 1.68. The first-order valence-corrected chi connectivity index (χ1v) is 9.72. The Hall–Kier alpha value is -0.630. The van der Waals surface area contributed by atoms with E-state index in [0.717, 1.165) is 4.31 Å². The van der Waals surface area contributed by atoms with E-state index in [-0.39, 0.29) is 16.4 Å². The van der Waals surface area contributed by atoms with Crippen molar-refractivity contribution in [3.8, 4) is 0 Å². The summed E-state index contributed by atoms with van der Waals surface area (Å²) in [4.78, 5) is 0.122. The molecule has 5 nitrogen and oxygen atoms in total. The lowest BCUT2D eigenvalue weighted by Gasteiger charge is -2.23. The van der Waals surface area contributed by atoms with E-state index in [2.05, 4.69) is 0 Å². The van der Waals surface area contributed by atoms with Gasteiger partial charge in [0.05, 0.1) is 16.4 Å². The number of aryl methyl sites for hydroxylation is 1. The van der Waals surface area contributed by atoms with E-state index in [9.17, 15) is 16.8 Å². The fraction of sp³-hybridized carbons (Fsp3) is 0.500. The molecule has 0 saturated carbocycles. The molecule has 0 radical (unpaired) electrons. The minimum Gasteiger partial charge on any atom is -0.229 e. The first-order valence-electron chi connectivity index (χ1n) is 6.08. The van der Waals surface area contributed by atoms with Crippen LogP contribution in [0.1, 0.15) is 12.0 Å². The zero-order chi connectivity index (χ0) is 15.1. The Balaban J connectivity index is 2.38. The standard InChI is InChI=1S/C12H16ClNO4S2/c1-9-3-4-10(13)7-12(9)20(17,18)14(2)11-5-6-19(15,16)8-11/h3-4,7,11H,5-6,8H2,1-2H3/t11-/m1/s1. The van der Waals surface area contributed by atoms with Crippen molar-refractivity contribution in [3.05, 3.63) is 28.8 Å². The lowest BCUT2D eigenvalue weighted by molar-refractivity contribution is 0.393. The Morgan fingerprint density at radius 3 is 2.55 bits per heavy atom. The van der Waals surface area contributed by atoms with Crippen LogP contribution < -0.4 is 0 Å². The molecular formula is C12H16ClNO4S2. The molecule has 0 N–H and O–H groups in total. The second-order valence-corrected chi connectivity index (χ2v) is 9.62. The average Bonchev–Trinajstić information content (AvgIpc) is 2.71.